The highest BCUT2D eigenvalue weighted by Crippen LogP contribution is 2.44. The van der Waals surface area contributed by atoms with Crippen LogP contribution in [0, 0.1) is 0 Å². The number of fused-ring (bicyclic) bond motifs is 12. The molecule has 0 spiro atoms. The maximum absolute atomic E-state index is 6.71. The summed E-state index contributed by atoms with van der Waals surface area (Å²) in [5.74, 6) is 0. The Morgan fingerprint density at radius 3 is 2.11 bits per heavy atom. The minimum absolute atomic E-state index is 0.902. The van der Waals surface area contributed by atoms with Gasteiger partial charge in [-0.3, -0.25) is 0 Å². The van der Waals surface area contributed by atoms with E-state index < -0.39 is 0 Å². The van der Waals surface area contributed by atoms with Crippen molar-refractivity contribution in [1.29, 1.82) is 0 Å². The average molecular weight is 474 g/mol. The van der Waals surface area contributed by atoms with Crippen molar-refractivity contribution >= 4 is 76.5 Å². The Morgan fingerprint density at radius 2 is 1.19 bits per heavy atom. The van der Waals surface area contributed by atoms with Gasteiger partial charge in [0, 0.05) is 32.4 Å². The van der Waals surface area contributed by atoms with Gasteiger partial charge < -0.3 is 13.8 Å². The van der Waals surface area contributed by atoms with Crippen LogP contribution in [-0.4, -0.2) is 4.98 Å². The van der Waals surface area contributed by atoms with Crippen LogP contribution in [0.4, 0.5) is 0 Å². The molecule has 3 heteroatoms. The van der Waals surface area contributed by atoms with Crippen molar-refractivity contribution in [1.82, 2.24) is 4.98 Å². The molecule has 0 saturated carbocycles. The Labute approximate surface area is 210 Å². The Hall–Kier alpha value is -5.02. The maximum atomic E-state index is 6.71. The van der Waals surface area contributed by atoms with E-state index in [4.69, 9.17) is 8.83 Å². The van der Waals surface area contributed by atoms with Crippen LogP contribution in [0.3, 0.4) is 0 Å². The van der Waals surface area contributed by atoms with E-state index in [9.17, 15) is 0 Å². The van der Waals surface area contributed by atoms with Crippen LogP contribution < -0.4 is 0 Å². The first-order chi connectivity index (χ1) is 18.3. The normalized spacial score (nSPS) is 12.3. The fraction of sp³-hybridized carbons (Fsp3) is 0. The van der Waals surface area contributed by atoms with E-state index in [1.54, 1.807) is 0 Å². The number of para-hydroxylation sites is 2. The first kappa shape index (κ1) is 19.2. The van der Waals surface area contributed by atoms with Gasteiger partial charge in [0.2, 0.25) is 0 Å². The summed E-state index contributed by atoms with van der Waals surface area (Å²) in [7, 11) is 0. The van der Waals surface area contributed by atoms with Gasteiger partial charge in [0.25, 0.3) is 0 Å². The minimum Gasteiger partial charge on any atom is -0.456 e. The minimum atomic E-state index is 0.902. The van der Waals surface area contributed by atoms with Crippen LogP contribution >= 0.6 is 0 Å². The lowest BCUT2D eigenvalue weighted by Crippen LogP contribution is -1.83. The Bertz CT molecular complexity index is 2360. The predicted molar refractivity (Wildman–Crippen MR) is 153 cm³/mol. The molecule has 3 aromatic heterocycles. The molecule has 0 aliphatic carbocycles. The van der Waals surface area contributed by atoms with E-state index in [0.717, 1.165) is 71.4 Å². The smallest absolute Gasteiger partial charge is 0.145 e. The Kier molecular flexibility index (Phi) is 3.53. The van der Waals surface area contributed by atoms with E-state index >= 15 is 0 Å². The van der Waals surface area contributed by atoms with Crippen molar-refractivity contribution in [2.45, 2.75) is 0 Å². The highest BCUT2D eigenvalue weighted by atomic mass is 16.3. The van der Waals surface area contributed by atoms with E-state index in [1.807, 2.05) is 12.1 Å². The Morgan fingerprint density at radius 1 is 0.432 bits per heavy atom. The number of benzene rings is 6. The summed E-state index contributed by atoms with van der Waals surface area (Å²) in [6.45, 7) is 0. The molecule has 37 heavy (non-hydrogen) atoms. The summed E-state index contributed by atoms with van der Waals surface area (Å²) in [6.07, 6.45) is 0. The van der Waals surface area contributed by atoms with E-state index in [-0.39, 0.29) is 0 Å². The molecule has 1 N–H and O–H groups in total. The van der Waals surface area contributed by atoms with Gasteiger partial charge in [-0.15, -0.1) is 0 Å². The zero-order valence-corrected chi connectivity index (χ0v) is 19.7. The quantitative estimate of drug-likeness (QED) is 0.258. The molecule has 0 atom stereocenters. The highest BCUT2D eigenvalue weighted by molar-refractivity contribution is 6.28. The molecular weight excluding hydrogens is 454 g/mol. The molecule has 3 nitrogen and oxygen atoms in total. The molecule has 0 amide bonds. The van der Waals surface area contributed by atoms with Crippen LogP contribution in [0.25, 0.3) is 87.6 Å². The molecule has 3 heterocycles. The molecule has 0 aliphatic heterocycles. The second kappa shape index (κ2) is 6.80. The summed E-state index contributed by atoms with van der Waals surface area (Å²) in [6, 6.07) is 38.3. The molecule has 9 rings (SSSR count). The first-order valence-electron chi connectivity index (χ1n) is 12.5. The fourth-order valence-electron chi connectivity index (χ4n) is 6.16. The third-order valence-corrected chi connectivity index (χ3v) is 7.80. The molecule has 0 fully saturated rings. The number of furan rings is 2. The first-order valence-corrected chi connectivity index (χ1v) is 12.5. The molecular formula is C34H19NO2. The van der Waals surface area contributed by atoms with Gasteiger partial charge in [-0.25, -0.2) is 0 Å². The van der Waals surface area contributed by atoms with Crippen LogP contribution in [0.15, 0.2) is 118 Å². The zero-order chi connectivity index (χ0) is 24.1. The van der Waals surface area contributed by atoms with Crippen molar-refractivity contribution < 1.29 is 8.83 Å². The highest BCUT2D eigenvalue weighted by Gasteiger charge is 2.19. The number of rotatable bonds is 1. The average Bonchev–Trinajstić information content (AvgIpc) is 3.62. The molecule has 6 aromatic carbocycles. The number of aromatic amines is 1. The second-order valence-corrected chi connectivity index (χ2v) is 9.79. The SMILES string of the molecule is c1ccc2c(c1)[nH]c1ccc3c(oc4cc(-c5ccc6oc7ccccc7c6c5)c5ccccc5c43)c12. The lowest BCUT2D eigenvalue weighted by Gasteiger charge is -2.09. The summed E-state index contributed by atoms with van der Waals surface area (Å²) < 4.78 is 12.8. The molecule has 0 radical (unpaired) electrons. The molecule has 9 aromatic rings. The third-order valence-electron chi connectivity index (χ3n) is 7.80. The Balaban J connectivity index is 1.41. The monoisotopic (exact) mass is 473 g/mol. The topological polar surface area (TPSA) is 42.1 Å². The van der Waals surface area contributed by atoms with Gasteiger partial charge in [0.05, 0.1) is 10.9 Å². The maximum Gasteiger partial charge on any atom is 0.145 e. The van der Waals surface area contributed by atoms with E-state index in [0.29, 0.717) is 0 Å². The van der Waals surface area contributed by atoms with E-state index in [2.05, 4.69) is 102 Å². The van der Waals surface area contributed by atoms with Crippen LogP contribution in [-0.2, 0) is 0 Å². The summed E-state index contributed by atoms with van der Waals surface area (Å²) in [4.78, 5) is 3.55. The number of nitrogens with one attached hydrogen (secondary N) is 1. The van der Waals surface area contributed by atoms with Crippen molar-refractivity contribution in [3.05, 3.63) is 109 Å². The van der Waals surface area contributed by atoms with Gasteiger partial charge in [0.1, 0.15) is 22.3 Å². The summed E-state index contributed by atoms with van der Waals surface area (Å²) >= 11 is 0. The molecule has 0 unspecified atom stereocenters. The number of H-pyrrole nitrogens is 1. The van der Waals surface area contributed by atoms with Crippen LogP contribution in [0.5, 0.6) is 0 Å². The molecule has 0 saturated heterocycles. The lowest BCUT2D eigenvalue weighted by atomic mass is 9.94. The largest absolute Gasteiger partial charge is 0.456 e. The predicted octanol–water partition coefficient (Wildman–Crippen LogP) is 9.94. The van der Waals surface area contributed by atoms with Crippen LogP contribution in [0.1, 0.15) is 0 Å². The van der Waals surface area contributed by atoms with Gasteiger partial charge in [-0.2, -0.15) is 0 Å². The standard InChI is InChI=1S/C34H19NO2/c1-2-9-22-20(7-1)25(19-13-16-30-26(17-19)21-8-4-6-12-29(21)36-30)18-31-32(22)24-14-15-28-33(34(24)37-31)23-10-3-5-11-27(23)35-28/h1-18,35H. The van der Waals surface area contributed by atoms with Gasteiger partial charge in [0.15, 0.2) is 0 Å². The van der Waals surface area contributed by atoms with Crippen molar-refractivity contribution in [3.8, 4) is 11.1 Å². The number of hydrogen-bond donors (Lipinski definition) is 1. The second-order valence-electron chi connectivity index (χ2n) is 9.79. The molecule has 0 bridgehead atoms. The van der Waals surface area contributed by atoms with Gasteiger partial charge in [-0.1, -0.05) is 66.7 Å². The number of aromatic nitrogens is 1. The summed E-state index contributed by atoms with van der Waals surface area (Å²) in [5, 5.41) is 9.30. The van der Waals surface area contributed by atoms with E-state index in [1.165, 1.54) is 16.2 Å². The van der Waals surface area contributed by atoms with Crippen molar-refractivity contribution in [3.63, 3.8) is 0 Å². The zero-order valence-electron chi connectivity index (χ0n) is 19.7. The van der Waals surface area contributed by atoms with Crippen molar-refractivity contribution in [2.24, 2.45) is 0 Å². The third kappa shape index (κ3) is 2.50. The molecule has 0 aliphatic rings. The van der Waals surface area contributed by atoms with Gasteiger partial charge >= 0.3 is 0 Å². The fourth-order valence-corrected chi connectivity index (χ4v) is 6.16. The lowest BCUT2D eigenvalue weighted by molar-refractivity contribution is 0.669. The van der Waals surface area contributed by atoms with Gasteiger partial charge in [-0.05, 0) is 64.4 Å². The van der Waals surface area contributed by atoms with Crippen LogP contribution in [0.2, 0.25) is 0 Å². The van der Waals surface area contributed by atoms with Crippen molar-refractivity contribution in [2.75, 3.05) is 0 Å². The number of hydrogen-bond acceptors (Lipinski definition) is 2. The summed E-state index contributed by atoms with van der Waals surface area (Å²) in [5.41, 5.74) is 8.17. The molecule has 172 valence electrons.